The molecule has 0 unspecified atom stereocenters. The van der Waals surface area contributed by atoms with E-state index in [1.807, 2.05) is 0 Å². The molecule has 0 spiro atoms. The molecule has 0 rings (SSSR count). The first kappa shape index (κ1) is 35.4. The molecule has 4 heavy (non-hydrogen) atoms. The van der Waals surface area contributed by atoms with Crippen molar-refractivity contribution in [1.29, 1.82) is 0 Å². The van der Waals surface area contributed by atoms with Crippen molar-refractivity contribution in [2.75, 3.05) is 0 Å². The fourth-order valence-corrected chi connectivity index (χ4v) is 0. The van der Waals surface area contributed by atoms with Gasteiger partial charge in [-0.3, -0.25) is 0 Å². The van der Waals surface area contributed by atoms with Gasteiger partial charge in [0.15, 0.2) is 0 Å². The third kappa shape index (κ3) is 8.91. The summed E-state index contributed by atoms with van der Waals surface area (Å²) in [4.78, 5) is 0. The predicted molar refractivity (Wildman–Crippen MR) is 11.5 cm³/mol. The van der Waals surface area contributed by atoms with E-state index in [4.69, 9.17) is 0 Å². The van der Waals surface area contributed by atoms with E-state index in [1.165, 1.54) is 0 Å². The van der Waals surface area contributed by atoms with Crippen LogP contribution in [0.1, 0.15) is 0 Å². The Hall–Kier alpha value is 2.14. The number of hydrogen-bond acceptors (Lipinski definition) is 0. The smallest absolute Gasteiger partial charge is 1.00 e. The van der Waals surface area contributed by atoms with Gasteiger partial charge in [0.25, 0.3) is 0 Å². The molecule has 0 fully saturated rings. The molecule has 0 amide bonds. The van der Waals surface area contributed by atoms with Crippen LogP contribution in [0.3, 0.4) is 0 Å². The Balaban J connectivity index is 0. The zero-order valence-electron chi connectivity index (χ0n) is 1.96. The van der Waals surface area contributed by atoms with Gasteiger partial charge in [-0.25, -0.2) is 0 Å². The Bertz CT molecular complexity index is 6.00. The van der Waals surface area contributed by atoms with Gasteiger partial charge >= 0.3 is 47.0 Å². The summed E-state index contributed by atoms with van der Waals surface area (Å²) in [5, 5.41) is 0. The van der Waals surface area contributed by atoms with E-state index < -0.39 is 0 Å². The number of halogens is 2. The summed E-state index contributed by atoms with van der Waals surface area (Å²) in [6.07, 6.45) is 0. The van der Waals surface area contributed by atoms with Crippen LogP contribution in [-0.4, -0.2) is 47.0 Å². The van der Waals surface area contributed by atoms with Gasteiger partial charge in [0.05, 0.1) is 0 Å². The van der Waals surface area contributed by atoms with E-state index in [1.54, 1.807) is 0 Å². The molecule has 0 saturated heterocycles. The number of rotatable bonds is 0. The van der Waals surface area contributed by atoms with Crippen molar-refractivity contribution in [3.05, 3.63) is 0 Å². The molecular weight excluding hydrogens is 214 g/mol. The minimum Gasteiger partial charge on any atom is -1.00 e. The van der Waals surface area contributed by atoms with Crippen LogP contribution in [0.5, 0.6) is 0 Å². The molecule has 0 radical (unpaired) electrons. The predicted octanol–water partition coefficient (Wildman–Crippen LogP) is -6.75. The molecule has 0 bridgehead atoms. The Labute approximate surface area is 71.0 Å². The van der Waals surface area contributed by atoms with Gasteiger partial charge in [0, 0.05) is 0 Å². The van der Waals surface area contributed by atoms with Crippen LogP contribution in [0.25, 0.3) is 0 Å². The van der Waals surface area contributed by atoms with Gasteiger partial charge in [-0.1, -0.05) is 0 Å². The molecule has 0 aromatic heterocycles. The molecule has 0 aliphatic carbocycles. The summed E-state index contributed by atoms with van der Waals surface area (Å²) in [6, 6.07) is 0. The van der Waals surface area contributed by atoms with E-state index >= 15 is 0 Å². The standard InChI is InChI=1S/2ClH.Mg.Sn/h2*1H;;/q;;+2;+4/p-2. The minimum absolute atomic E-state index is 0. The Morgan fingerprint density at radius 3 is 0.750 bits per heavy atom. The molecule has 0 aliphatic heterocycles. The largest absolute Gasteiger partial charge is 4.00 e. The fraction of sp³-hybridized carbons (Fsp3) is 0. The van der Waals surface area contributed by atoms with Crippen LogP contribution >= 0.6 is 0 Å². The zero-order chi connectivity index (χ0) is 0. The molecular formula is Cl2MgSn+4. The van der Waals surface area contributed by atoms with Crippen molar-refractivity contribution in [2.24, 2.45) is 0 Å². The third-order valence-electron chi connectivity index (χ3n) is 0. The van der Waals surface area contributed by atoms with Crippen molar-refractivity contribution in [3.63, 3.8) is 0 Å². The van der Waals surface area contributed by atoms with Crippen molar-refractivity contribution in [2.45, 2.75) is 0 Å². The average molecular weight is 214 g/mol. The second kappa shape index (κ2) is 19.2. The molecule has 0 saturated carbocycles. The SMILES string of the molecule is [Cl-].[Cl-].[Mg+2].[Sn+4]. The van der Waals surface area contributed by atoms with Gasteiger partial charge in [0.1, 0.15) is 0 Å². The maximum absolute atomic E-state index is 0. The molecule has 0 N–H and O–H groups in total. The average Bonchev–Trinajstić information content (AvgIpc) is 0. The summed E-state index contributed by atoms with van der Waals surface area (Å²) < 4.78 is 0. The van der Waals surface area contributed by atoms with Crippen LogP contribution in [0, 0.1) is 0 Å². The molecule has 0 aliphatic rings. The van der Waals surface area contributed by atoms with E-state index in [9.17, 15) is 0 Å². The van der Waals surface area contributed by atoms with Crippen LogP contribution < -0.4 is 24.8 Å². The van der Waals surface area contributed by atoms with E-state index in [0.717, 1.165) is 0 Å². The van der Waals surface area contributed by atoms with Crippen molar-refractivity contribution in [1.82, 2.24) is 0 Å². The molecule has 0 aromatic carbocycles. The summed E-state index contributed by atoms with van der Waals surface area (Å²) in [6.45, 7) is 0. The normalized spacial score (nSPS) is 0. The molecule has 16 valence electrons. The Morgan fingerprint density at radius 2 is 0.750 bits per heavy atom. The molecule has 0 atom stereocenters. The second-order valence-corrected chi connectivity index (χ2v) is 0. The van der Waals surface area contributed by atoms with Crippen LogP contribution in [0.4, 0.5) is 0 Å². The topological polar surface area (TPSA) is 0 Å². The van der Waals surface area contributed by atoms with Crippen LogP contribution in [-0.2, 0) is 0 Å². The van der Waals surface area contributed by atoms with Crippen molar-refractivity contribution >= 4 is 47.0 Å². The van der Waals surface area contributed by atoms with Crippen molar-refractivity contribution in [3.8, 4) is 0 Å². The van der Waals surface area contributed by atoms with Gasteiger partial charge < -0.3 is 24.8 Å². The van der Waals surface area contributed by atoms with Gasteiger partial charge in [0.2, 0.25) is 0 Å². The quantitative estimate of drug-likeness (QED) is 0.351. The summed E-state index contributed by atoms with van der Waals surface area (Å²) >= 11 is 0. The summed E-state index contributed by atoms with van der Waals surface area (Å²) in [5.74, 6) is 0. The molecule has 0 aromatic rings. The van der Waals surface area contributed by atoms with Gasteiger partial charge in [-0.05, 0) is 0 Å². The Kier molecular flexibility index (Phi) is 170. The maximum Gasteiger partial charge on any atom is 4.00 e. The van der Waals surface area contributed by atoms with Gasteiger partial charge in [-0.15, -0.1) is 0 Å². The zero-order valence-corrected chi connectivity index (χ0v) is 7.74. The van der Waals surface area contributed by atoms with Crippen molar-refractivity contribution < 1.29 is 24.8 Å². The second-order valence-electron chi connectivity index (χ2n) is 0. The first-order valence-electron chi connectivity index (χ1n) is 0. The van der Waals surface area contributed by atoms with E-state index in [0.29, 0.717) is 0 Å². The van der Waals surface area contributed by atoms with E-state index in [2.05, 4.69) is 0 Å². The van der Waals surface area contributed by atoms with Crippen LogP contribution in [0.2, 0.25) is 0 Å². The van der Waals surface area contributed by atoms with Crippen LogP contribution in [0.15, 0.2) is 0 Å². The maximum atomic E-state index is 0. The monoisotopic (exact) mass is 214 g/mol. The number of hydrogen-bond donors (Lipinski definition) is 0. The summed E-state index contributed by atoms with van der Waals surface area (Å²) in [7, 11) is 0. The molecule has 0 heterocycles. The van der Waals surface area contributed by atoms with Gasteiger partial charge in [-0.2, -0.15) is 0 Å². The molecule has 0 nitrogen and oxygen atoms in total. The first-order valence-corrected chi connectivity index (χ1v) is 0. The minimum atomic E-state index is 0. The third-order valence-corrected chi connectivity index (χ3v) is 0. The summed E-state index contributed by atoms with van der Waals surface area (Å²) in [5.41, 5.74) is 0. The Morgan fingerprint density at radius 1 is 0.750 bits per heavy atom. The fourth-order valence-electron chi connectivity index (χ4n) is 0. The van der Waals surface area contributed by atoms with E-state index in [-0.39, 0.29) is 71.8 Å². The molecule has 4 heteroatoms. The first-order chi connectivity index (χ1) is 0.